The van der Waals surface area contributed by atoms with E-state index in [0.29, 0.717) is 11.1 Å². The third-order valence-electron chi connectivity index (χ3n) is 2.43. The smallest absolute Gasteiger partial charge is 0.145 e. The van der Waals surface area contributed by atoms with E-state index in [2.05, 4.69) is 21.1 Å². The molecule has 0 bridgehead atoms. The van der Waals surface area contributed by atoms with Crippen molar-refractivity contribution in [2.24, 2.45) is 5.16 Å². The average molecular weight is 324 g/mol. The third kappa shape index (κ3) is 3.79. The van der Waals surface area contributed by atoms with E-state index in [-0.39, 0.29) is 18.2 Å². The van der Waals surface area contributed by atoms with Crippen LogP contribution in [0, 0.1) is 5.82 Å². The third-order valence-corrected chi connectivity index (χ3v) is 2.93. The van der Waals surface area contributed by atoms with Gasteiger partial charge in [0.25, 0.3) is 0 Å². The number of aromatic hydroxyl groups is 1. The van der Waals surface area contributed by atoms with Gasteiger partial charge in [-0.2, -0.15) is 0 Å². The zero-order chi connectivity index (χ0) is 13.7. The fraction of sp³-hybridized carbons (Fsp3) is 0.0714. The van der Waals surface area contributed by atoms with E-state index in [0.717, 1.165) is 4.47 Å². The summed E-state index contributed by atoms with van der Waals surface area (Å²) in [5, 5.41) is 13.3. The number of hydrogen-bond acceptors (Lipinski definition) is 3. The maximum atomic E-state index is 13.3. The van der Waals surface area contributed by atoms with Gasteiger partial charge in [0.1, 0.15) is 18.2 Å². The van der Waals surface area contributed by atoms with Gasteiger partial charge < -0.3 is 9.94 Å². The minimum Gasteiger partial charge on any atom is -0.507 e. The fourth-order valence-corrected chi connectivity index (χ4v) is 1.82. The molecule has 0 atom stereocenters. The van der Waals surface area contributed by atoms with Crippen LogP contribution < -0.4 is 0 Å². The molecule has 0 spiro atoms. The number of halogens is 2. The van der Waals surface area contributed by atoms with Crippen LogP contribution in [0.15, 0.2) is 52.1 Å². The summed E-state index contributed by atoms with van der Waals surface area (Å²) >= 11 is 3.29. The molecule has 2 aromatic rings. The number of hydrogen-bond donors (Lipinski definition) is 1. The van der Waals surface area contributed by atoms with E-state index in [1.165, 1.54) is 12.3 Å². The van der Waals surface area contributed by atoms with Crippen LogP contribution >= 0.6 is 15.9 Å². The number of phenols is 1. The van der Waals surface area contributed by atoms with Crippen LogP contribution in [0.5, 0.6) is 5.75 Å². The summed E-state index contributed by atoms with van der Waals surface area (Å²) in [6.07, 6.45) is 1.38. The van der Waals surface area contributed by atoms with Crippen LogP contribution in [0.4, 0.5) is 4.39 Å². The zero-order valence-electron chi connectivity index (χ0n) is 9.88. The second-order valence-corrected chi connectivity index (χ2v) is 4.72. The Hall–Kier alpha value is -1.88. The Labute approximate surface area is 118 Å². The molecule has 19 heavy (non-hydrogen) atoms. The van der Waals surface area contributed by atoms with Crippen LogP contribution in [0.1, 0.15) is 11.1 Å². The first-order valence-electron chi connectivity index (χ1n) is 5.54. The van der Waals surface area contributed by atoms with Crippen LogP contribution in [0.3, 0.4) is 0 Å². The Morgan fingerprint density at radius 3 is 2.84 bits per heavy atom. The van der Waals surface area contributed by atoms with Crippen molar-refractivity contribution in [1.29, 1.82) is 0 Å². The highest BCUT2D eigenvalue weighted by molar-refractivity contribution is 9.10. The Kier molecular flexibility index (Phi) is 4.52. The highest BCUT2D eigenvalue weighted by Crippen LogP contribution is 2.20. The molecule has 2 rings (SSSR count). The molecule has 0 aliphatic rings. The molecule has 0 aromatic heterocycles. The lowest BCUT2D eigenvalue weighted by molar-refractivity contribution is 0.129. The van der Waals surface area contributed by atoms with Crippen molar-refractivity contribution in [2.45, 2.75) is 6.61 Å². The molecule has 0 aliphatic carbocycles. The summed E-state index contributed by atoms with van der Waals surface area (Å²) in [7, 11) is 0. The molecule has 2 aromatic carbocycles. The van der Waals surface area contributed by atoms with Gasteiger partial charge in [0.2, 0.25) is 0 Å². The maximum absolute atomic E-state index is 13.3. The van der Waals surface area contributed by atoms with Crippen LogP contribution in [0.2, 0.25) is 0 Å². The van der Waals surface area contributed by atoms with Crippen molar-refractivity contribution in [3.05, 3.63) is 63.9 Å². The molecule has 1 N–H and O–H groups in total. The summed E-state index contributed by atoms with van der Waals surface area (Å²) in [5.41, 5.74) is 0.945. The van der Waals surface area contributed by atoms with E-state index in [4.69, 9.17) is 4.84 Å². The fourth-order valence-electron chi connectivity index (χ4n) is 1.45. The van der Waals surface area contributed by atoms with Crippen LogP contribution in [-0.2, 0) is 11.4 Å². The summed E-state index contributed by atoms with van der Waals surface area (Å²) in [5.74, 6) is -0.232. The van der Waals surface area contributed by atoms with Crippen LogP contribution in [-0.4, -0.2) is 11.3 Å². The van der Waals surface area contributed by atoms with E-state index >= 15 is 0 Å². The number of phenolic OH excluding ortho intramolecular Hbond substituents is 1. The monoisotopic (exact) mass is 323 g/mol. The van der Waals surface area contributed by atoms with Gasteiger partial charge in [-0.3, -0.25) is 0 Å². The first-order chi connectivity index (χ1) is 9.16. The molecule has 0 heterocycles. The number of nitrogens with zero attached hydrogens (tertiary/aromatic N) is 1. The van der Waals surface area contributed by atoms with E-state index in [1.807, 2.05) is 0 Å². The van der Waals surface area contributed by atoms with Crippen molar-refractivity contribution < 1.29 is 14.3 Å². The van der Waals surface area contributed by atoms with Gasteiger partial charge in [-0.15, -0.1) is 0 Å². The van der Waals surface area contributed by atoms with Crippen LogP contribution in [0.25, 0.3) is 0 Å². The molecule has 0 radical (unpaired) electrons. The summed E-state index contributed by atoms with van der Waals surface area (Å²) in [6.45, 7) is 0.0396. The Morgan fingerprint density at radius 2 is 2.05 bits per heavy atom. The van der Waals surface area contributed by atoms with Crippen molar-refractivity contribution >= 4 is 22.1 Å². The standard InChI is InChI=1S/C14H11BrFNO2/c15-12-5-6-14(18)11(7-12)8-17-19-9-10-3-1-2-4-13(10)16/h1-8,18H,9H2/b17-8+. The number of rotatable bonds is 4. The first-order valence-corrected chi connectivity index (χ1v) is 6.33. The molecule has 3 nitrogen and oxygen atoms in total. The first kappa shape index (κ1) is 13.5. The molecule has 0 amide bonds. The Balaban J connectivity index is 1.97. The molecule has 0 saturated carbocycles. The molecule has 0 unspecified atom stereocenters. The molecular formula is C14H11BrFNO2. The zero-order valence-corrected chi connectivity index (χ0v) is 11.5. The predicted octanol–water partition coefficient (Wildman–Crippen LogP) is 3.84. The van der Waals surface area contributed by atoms with Gasteiger partial charge in [0.15, 0.2) is 0 Å². The van der Waals surface area contributed by atoms with Gasteiger partial charge in [0.05, 0.1) is 6.21 Å². The van der Waals surface area contributed by atoms with Gasteiger partial charge in [0, 0.05) is 15.6 Å². The topological polar surface area (TPSA) is 41.8 Å². The van der Waals surface area contributed by atoms with Gasteiger partial charge in [-0.05, 0) is 24.3 Å². The molecule has 0 saturated heterocycles. The SMILES string of the molecule is Oc1ccc(Br)cc1/C=N/OCc1ccccc1F. The van der Waals surface area contributed by atoms with Crippen molar-refractivity contribution in [3.63, 3.8) is 0 Å². The molecule has 0 aliphatic heterocycles. The minimum atomic E-state index is -0.331. The molecule has 5 heteroatoms. The highest BCUT2D eigenvalue weighted by atomic mass is 79.9. The largest absolute Gasteiger partial charge is 0.507 e. The lowest BCUT2D eigenvalue weighted by Crippen LogP contribution is -1.92. The second kappa shape index (κ2) is 6.33. The van der Waals surface area contributed by atoms with E-state index in [1.54, 1.807) is 36.4 Å². The summed E-state index contributed by atoms with van der Waals surface area (Å²) < 4.78 is 14.1. The average Bonchev–Trinajstić information content (AvgIpc) is 2.40. The molecule has 98 valence electrons. The van der Waals surface area contributed by atoms with E-state index in [9.17, 15) is 9.50 Å². The molecule has 0 fully saturated rings. The normalized spacial score (nSPS) is 10.8. The van der Waals surface area contributed by atoms with Gasteiger partial charge >= 0.3 is 0 Å². The molecular weight excluding hydrogens is 313 g/mol. The van der Waals surface area contributed by atoms with Gasteiger partial charge in [-0.25, -0.2) is 4.39 Å². The Morgan fingerprint density at radius 1 is 1.26 bits per heavy atom. The van der Waals surface area contributed by atoms with Crippen molar-refractivity contribution in [1.82, 2.24) is 0 Å². The number of benzene rings is 2. The quantitative estimate of drug-likeness (QED) is 0.686. The lowest BCUT2D eigenvalue weighted by atomic mass is 10.2. The summed E-state index contributed by atoms with van der Waals surface area (Å²) in [6, 6.07) is 11.3. The second-order valence-electron chi connectivity index (χ2n) is 3.80. The predicted molar refractivity (Wildman–Crippen MR) is 74.6 cm³/mol. The Bertz CT molecular complexity index is 602. The maximum Gasteiger partial charge on any atom is 0.145 e. The highest BCUT2D eigenvalue weighted by Gasteiger charge is 2.01. The summed E-state index contributed by atoms with van der Waals surface area (Å²) in [4.78, 5) is 5.00. The van der Waals surface area contributed by atoms with E-state index < -0.39 is 0 Å². The van der Waals surface area contributed by atoms with Crippen molar-refractivity contribution in [3.8, 4) is 5.75 Å². The number of oxime groups is 1. The van der Waals surface area contributed by atoms with Gasteiger partial charge in [-0.1, -0.05) is 39.3 Å². The minimum absolute atomic E-state index is 0.0396. The van der Waals surface area contributed by atoms with Crippen molar-refractivity contribution in [2.75, 3.05) is 0 Å². The lowest BCUT2D eigenvalue weighted by Gasteiger charge is -2.02.